The molecule has 2 heteroatoms. The van der Waals surface area contributed by atoms with E-state index in [1.807, 2.05) is 0 Å². The van der Waals surface area contributed by atoms with E-state index in [2.05, 4.69) is 0 Å². The lowest BCUT2D eigenvalue weighted by atomic mass is 10.2. The van der Waals surface area contributed by atoms with E-state index in [1.54, 1.807) is 0 Å². The van der Waals surface area contributed by atoms with Crippen LogP contribution in [-0.4, -0.2) is 12.0 Å². The number of carbonyl (C=O) groups is 1. The fraction of sp³-hybridized carbons (Fsp3) is 0.833. The van der Waals surface area contributed by atoms with Crippen LogP contribution in [0.4, 0.5) is 4.39 Å². The van der Waals surface area contributed by atoms with Crippen LogP contribution in [0.2, 0.25) is 0 Å². The summed E-state index contributed by atoms with van der Waals surface area (Å²) < 4.78 is 11.9. The van der Waals surface area contributed by atoms with Crippen molar-refractivity contribution >= 4 is 5.78 Å². The maximum Gasteiger partial charge on any atom is 0.129 e. The highest BCUT2D eigenvalue weighted by atomic mass is 19.1. The Labute approximate surface area is 48.9 Å². The zero-order valence-electron chi connectivity index (χ0n) is 5.28. The zero-order chi connectivity index (χ0) is 6.57. The number of Topliss-reactive ketones (excluding diaryl/α,β-unsaturated/α-hetero) is 1. The summed E-state index contributed by atoms with van der Waals surface area (Å²) in [7, 11) is 0. The summed E-state index contributed by atoms with van der Waals surface area (Å²) in [6.45, 7) is 2.94. The van der Waals surface area contributed by atoms with Crippen molar-refractivity contribution in [2.24, 2.45) is 0 Å². The van der Waals surface area contributed by atoms with Gasteiger partial charge in [0, 0.05) is 6.42 Å². The van der Waals surface area contributed by atoms with Crippen molar-refractivity contribution in [3.8, 4) is 0 Å². The minimum absolute atomic E-state index is 0.0644. The van der Waals surface area contributed by atoms with E-state index in [9.17, 15) is 9.18 Å². The van der Waals surface area contributed by atoms with Gasteiger partial charge in [0.25, 0.3) is 0 Å². The number of carbonyl (C=O) groups excluding carboxylic acids is 1. The molecule has 0 aromatic carbocycles. The van der Waals surface area contributed by atoms with E-state index in [4.69, 9.17) is 0 Å². The van der Waals surface area contributed by atoms with Crippen molar-refractivity contribution in [3.63, 3.8) is 0 Å². The van der Waals surface area contributed by atoms with E-state index in [0.717, 1.165) is 0 Å². The second-order valence-corrected chi connectivity index (χ2v) is 2.02. The molecular formula is C6H11FO. The van der Waals surface area contributed by atoms with Crippen LogP contribution >= 0.6 is 0 Å². The average Bonchev–Trinajstić information content (AvgIpc) is 1.61. The molecule has 0 radical (unpaired) electrons. The summed E-state index contributed by atoms with van der Waals surface area (Å²) >= 11 is 0. The molecule has 0 N–H and O–H groups in total. The van der Waals surface area contributed by atoms with Crippen LogP contribution < -0.4 is 0 Å². The molecule has 0 aliphatic heterocycles. The molecule has 1 unspecified atom stereocenters. The summed E-state index contributed by atoms with van der Waals surface area (Å²) in [5, 5.41) is 0. The Kier molecular flexibility index (Phi) is 3.40. The smallest absolute Gasteiger partial charge is 0.129 e. The third kappa shape index (κ3) is 5.60. The molecule has 1 nitrogen and oxygen atoms in total. The second kappa shape index (κ2) is 3.58. The standard InChI is InChI=1S/C6H11FO/c1-5(7)3-4-6(2)8/h5H,3-4H2,1-2H3. The number of hydrogen-bond donors (Lipinski definition) is 0. The SMILES string of the molecule is CC(=O)CCC(C)F. The third-order valence-electron chi connectivity index (χ3n) is 0.894. The van der Waals surface area contributed by atoms with Crippen molar-refractivity contribution < 1.29 is 9.18 Å². The summed E-state index contributed by atoms with van der Waals surface area (Å²) in [4.78, 5) is 10.2. The molecule has 0 saturated heterocycles. The lowest BCUT2D eigenvalue weighted by Crippen LogP contribution is -1.96. The van der Waals surface area contributed by atoms with Crippen molar-refractivity contribution in [3.05, 3.63) is 0 Å². The minimum Gasteiger partial charge on any atom is -0.300 e. The lowest BCUT2D eigenvalue weighted by molar-refractivity contribution is -0.117. The molecule has 0 aliphatic rings. The van der Waals surface area contributed by atoms with Crippen molar-refractivity contribution in [1.29, 1.82) is 0 Å². The predicted octanol–water partition coefficient (Wildman–Crippen LogP) is 1.71. The Hall–Kier alpha value is -0.400. The first kappa shape index (κ1) is 7.60. The monoisotopic (exact) mass is 118 g/mol. The van der Waals surface area contributed by atoms with Gasteiger partial charge in [-0.2, -0.15) is 0 Å². The van der Waals surface area contributed by atoms with Crippen LogP contribution in [0.1, 0.15) is 26.7 Å². The van der Waals surface area contributed by atoms with E-state index in [-0.39, 0.29) is 5.78 Å². The Bertz CT molecular complexity index is 78.6. The molecule has 48 valence electrons. The van der Waals surface area contributed by atoms with Gasteiger partial charge < -0.3 is 4.79 Å². The topological polar surface area (TPSA) is 17.1 Å². The molecular weight excluding hydrogens is 107 g/mol. The van der Waals surface area contributed by atoms with Crippen molar-refractivity contribution in [2.45, 2.75) is 32.9 Å². The van der Waals surface area contributed by atoms with E-state index in [0.29, 0.717) is 12.8 Å². The van der Waals surface area contributed by atoms with Gasteiger partial charge in [-0.3, -0.25) is 0 Å². The van der Waals surface area contributed by atoms with Gasteiger partial charge in [-0.15, -0.1) is 0 Å². The van der Waals surface area contributed by atoms with Gasteiger partial charge in [-0.05, 0) is 20.3 Å². The van der Waals surface area contributed by atoms with Gasteiger partial charge in [-0.25, -0.2) is 4.39 Å². The average molecular weight is 118 g/mol. The van der Waals surface area contributed by atoms with Crippen molar-refractivity contribution in [2.75, 3.05) is 0 Å². The van der Waals surface area contributed by atoms with Gasteiger partial charge in [0.1, 0.15) is 5.78 Å². The predicted molar refractivity (Wildman–Crippen MR) is 30.5 cm³/mol. The van der Waals surface area contributed by atoms with Crippen LogP contribution in [0.5, 0.6) is 0 Å². The highest BCUT2D eigenvalue weighted by Crippen LogP contribution is 1.99. The quantitative estimate of drug-likeness (QED) is 0.551. The fourth-order valence-electron chi connectivity index (χ4n) is 0.402. The van der Waals surface area contributed by atoms with Gasteiger partial charge in [0.05, 0.1) is 6.17 Å². The maximum atomic E-state index is 11.9. The van der Waals surface area contributed by atoms with Gasteiger partial charge in [0.15, 0.2) is 0 Å². The Balaban J connectivity index is 3.05. The Morgan fingerprint density at radius 3 is 2.38 bits per heavy atom. The summed E-state index contributed by atoms with van der Waals surface area (Å²) in [5.41, 5.74) is 0. The number of hydrogen-bond acceptors (Lipinski definition) is 1. The molecule has 0 amide bonds. The number of alkyl halides is 1. The maximum absolute atomic E-state index is 11.9. The first-order valence-corrected chi connectivity index (χ1v) is 2.76. The highest BCUT2D eigenvalue weighted by molar-refractivity contribution is 5.75. The van der Waals surface area contributed by atoms with Crippen LogP contribution in [0, 0.1) is 0 Å². The van der Waals surface area contributed by atoms with E-state index < -0.39 is 6.17 Å². The molecule has 0 aliphatic carbocycles. The van der Waals surface area contributed by atoms with Crippen LogP contribution in [-0.2, 0) is 4.79 Å². The normalized spacial score (nSPS) is 13.4. The highest BCUT2D eigenvalue weighted by Gasteiger charge is 1.98. The van der Waals surface area contributed by atoms with Gasteiger partial charge in [-0.1, -0.05) is 0 Å². The number of rotatable bonds is 3. The van der Waals surface area contributed by atoms with Gasteiger partial charge >= 0.3 is 0 Å². The van der Waals surface area contributed by atoms with Crippen LogP contribution in [0.15, 0.2) is 0 Å². The molecule has 0 saturated carbocycles. The van der Waals surface area contributed by atoms with E-state index >= 15 is 0 Å². The second-order valence-electron chi connectivity index (χ2n) is 2.02. The van der Waals surface area contributed by atoms with Crippen molar-refractivity contribution in [1.82, 2.24) is 0 Å². The Morgan fingerprint density at radius 2 is 2.25 bits per heavy atom. The van der Waals surface area contributed by atoms with E-state index in [1.165, 1.54) is 13.8 Å². The largest absolute Gasteiger partial charge is 0.300 e. The third-order valence-corrected chi connectivity index (χ3v) is 0.894. The van der Waals surface area contributed by atoms with Crippen LogP contribution in [0.25, 0.3) is 0 Å². The molecule has 0 aromatic rings. The fourth-order valence-corrected chi connectivity index (χ4v) is 0.402. The van der Waals surface area contributed by atoms with Crippen LogP contribution in [0.3, 0.4) is 0 Å². The molecule has 0 heterocycles. The molecule has 0 aromatic heterocycles. The number of ketones is 1. The summed E-state index contributed by atoms with van der Waals surface area (Å²) in [6, 6.07) is 0. The van der Waals surface area contributed by atoms with Gasteiger partial charge in [0.2, 0.25) is 0 Å². The summed E-state index contributed by atoms with van der Waals surface area (Å²) in [5.74, 6) is 0.0644. The molecule has 8 heavy (non-hydrogen) atoms. The zero-order valence-corrected chi connectivity index (χ0v) is 5.28. The first-order chi connectivity index (χ1) is 3.63. The minimum atomic E-state index is -0.834. The summed E-state index contributed by atoms with van der Waals surface area (Å²) in [6.07, 6.45) is -0.0913. The molecule has 1 atom stereocenters. The molecule has 0 bridgehead atoms. The molecule has 0 rings (SSSR count). The lowest BCUT2D eigenvalue weighted by Gasteiger charge is -1.95. The number of halogens is 1. The molecule has 0 fully saturated rings. The Morgan fingerprint density at radius 1 is 1.75 bits per heavy atom. The molecule has 0 spiro atoms. The first-order valence-electron chi connectivity index (χ1n) is 2.76.